The number of nitrogens with zero attached hydrogens (tertiary/aromatic N) is 2. The van der Waals surface area contributed by atoms with Crippen LogP contribution in [0.4, 0.5) is 19.1 Å². The number of hydrogen-bond donors (Lipinski definition) is 2. The molecule has 0 radical (unpaired) electrons. The van der Waals surface area contributed by atoms with Gasteiger partial charge in [-0.15, -0.1) is 0 Å². The maximum absolute atomic E-state index is 12.5. The highest BCUT2D eigenvalue weighted by atomic mass is 32.2. The molecule has 1 atom stereocenters. The molecular formula is C18H17F3N4O2S. The van der Waals surface area contributed by atoms with Gasteiger partial charge >= 0.3 is 5.51 Å². The molecule has 148 valence electrons. The van der Waals surface area contributed by atoms with Gasteiger partial charge in [0.25, 0.3) is 5.91 Å². The number of hydrogen-bond acceptors (Lipinski definition) is 5. The first-order valence-electron chi connectivity index (χ1n) is 8.52. The van der Waals surface area contributed by atoms with Gasteiger partial charge in [-0.3, -0.25) is 14.9 Å². The Morgan fingerprint density at radius 1 is 1.25 bits per heavy atom. The van der Waals surface area contributed by atoms with Gasteiger partial charge in [0.15, 0.2) is 0 Å². The second-order valence-corrected chi connectivity index (χ2v) is 7.48. The highest BCUT2D eigenvalue weighted by Gasteiger charge is 2.30. The average Bonchev–Trinajstić information content (AvgIpc) is 3.46. The highest BCUT2D eigenvalue weighted by Crippen LogP contribution is 2.37. The summed E-state index contributed by atoms with van der Waals surface area (Å²) in [5.41, 5.74) is -3.81. The van der Waals surface area contributed by atoms with E-state index >= 15 is 0 Å². The molecule has 1 aliphatic rings. The molecular weight excluding hydrogens is 393 g/mol. The molecule has 1 saturated carbocycles. The van der Waals surface area contributed by atoms with Gasteiger partial charge < -0.3 is 5.32 Å². The minimum atomic E-state index is -4.38. The van der Waals surface area contributed by atoms with Gasteiger partial charge in [-0.05, 0) is 55.3 Å². The minimum Gasteiger partial charge on any atom is -0.344 e. The van der Waals surface area contributed by atoms with Gasteiger partial charge in [0.2, 0.25) is 11.9 Å². The number of halogens is 3. The van der Waals surface area contributed by atoms with Crippen LogP contribution in [-0.4, -0.2) is 27.3 Å². The van der Waals surface area contributed by atoms with Gasteiger partial charge in [-0.1, -0.05) is 12.1 Å². The maximum atomic E-state index is 12.5. The van der Waals surface area contributed by atoms with Crippen molar-refractivity contribution < 1.29 is 22.8 Å². The Labute approximate surface area is 163 Å². The van der Waals surface area contributed by atoms with Crippen LogP contribution in [0.2, 0.25) is 0 Å². The molecule has 6 nitrogen and oxygen atoms in total. The fraction of sp³-hybridized carbons (Fsp3) is 0.333. The molecule has 1 heterocycles. The van der Waals surface area contributed by atoms with Crippen LogP contribution >= 0.6 is 11.8 Å². The Bertz CT molecular complexity index is 887. The summed E-state index contributed by atoms with van der Waals surface area (Å²) >= 11 is -0.211. The quantitative estimate of drug-likeness (QED) is 0.705. The number of carbonyl (C=O) groups excluding carboxylic acids is 2. The lowest BCUT2D eigenvalue weighted by molar-refractivity contribution is -0.117. The molecule has 0 spiro atoms. The summed E-state index contributed by atoms with van der Waals surface area (Å²) in [5.74, 6) is -0.681. The van der Waals surface area contributed by atoms with Crippen LogP contribution in [0.25, 0.3) is 0 Å². The summed E-state index contributed by atoms with van der Waals surface area (Å²) in [6.07, 6.45) is 3.01. The van der Waals surface area contributed by atoms with Gasteiger partial charge in [0.05, 0.1) is 6.04 Å². The Kier molecular flexibility index (Phi) is 5.87. The molecule has 2 aromatic rings. The molecule has 1 aromatic carbocycles. The van der Waals surface area contributed by atoms with E-state index in [1.165, 1.54) is 30.5 Å². The first-order chi connectivity index (χ1) is 13.2. The van der Waals surface area contributed by atoms with Crippen molar-refractivity contribution in [1.29, 1.82) is 0 Å². The Morgan fingerprint density at radius 3 is 2.68 bits per heavy atom. The SMILES string of the molecule is CC(NC(=O)c1ccnc(NC(=O)C2CC2)n1)c1cccc(SC(F)(F)F)c1. The topological polar surface area (TPSA) is 84.0 Å². The van der Waals surface area contributed by atoms with Crippen molar-refractivity contribution >= 4 is 29.5 Å². The molecule has 1 aliphatic carbocycles. The van der Waals surface area contributed by atoms with Crippen LogP contribution in [0, 0.1) is 5.92 Å². The number of carbonyl (C=O) groups is 2. The first-order valence-corrected chi connectivity index (χ1v) is 9.33. The first kappa shape index (κ1) is 20.1. The van der Waals surface area contributed by atoms with E-state index in [1.54, 1.807) is 13.0 Å². The molecule has 28 heavy (non-hydrogen) atoms. The number of aromatic nitrogens is 2. The van der Waals surface area contributed by atoms with Gasteiger partial charge in [0.1, 0.15) is 5.69 Å². The third-order valence-electron chi connectivity index (χ3n) is 4.01. The van der Waals surface area contributed by atoms with Crippen LogP contribution in [0.15, 0.2) is 41.4 Å². The molecule has 3 rings (SSSR count). The van der Waals surface area contributed by atoms with E-state index in [0.717, 1.165) is 12.8 Å². The Hall–Kier alpha value is -2.62. The molecule has 1 unspecified atom stereocenters. The molecule has 0 aliphatic heterocycles. The number of benzene rings is 1. The number of anilines is 1. The van der Waals surface area contributed by atoms with Crippen molar-refractivity contribution in [2.24, 2.45) is 5.92 Å². The number of nitrogens with one attached hydrogen (secondary N) is 2. The Balaban J connectivity index is 1.65. The zero-order valence-corrected chi connectivity index (χ0v) is 15.6. The Morgan fingerprint density at radius 2 is 2.00 bits per heavy atom. The van der Waals surface area contributed by atoms with Crippen molar-refractivity contribution in [2.75, 3.05) is 5.32 Å². The molecule has 10 heteroatoms. The third-order valence-corrected chi connectivity index (χ3v) is 4.73. The molecule has 1 aromatic heterocycles. The molecule has 2 N–H and O–H groups in total. The van der Waals surface area contributed by atoms with E-state index < -0.39 is 17.5 Å². The van der Waals surface area contributed by atoms with Gasteiger partial charge in [-0.25, -0.2) is 9.97 Å². The van der Waals surface area contributed by atoms with Crippen molar-refractivity contribution in [3.63, 3.8) is 0 Å². The molecule has 0 bridgehead atoms. The van der Waals surface area contributed by atoms with E-state index in [9.17, 15) is 22.8 Å². The van der Waals surface area contributed by atoms with Crippen LogP contribution in [-0.2, 0) is 4.79 Å². The zero-order valence-electron chi connectivity index (χ0n) is 14.8. The third kappa shape index (κ3) is 5.69. The fourth-order valence-corrected chi connectivity index (χ4v) is 3.05. The monoisotopic (exact) mass is 410 g/mol. The predicted octanol–water partition coefficient (Wildman–Crippen LogP) is 3.93. The van der Waals surface area contributed by atoms with E-state index in [-0.39, 0.29) is 40.1 Å². The highest BCUT2D eigenvalue weighted by molar-refractivity contribution is 8.00. The molecule has 0 saturated heterocycles. The summed E-state index contributed by atoms with van der Waals surface area (Å²) in [6.45, 7) is 1.66. The second-order valence-electron chi connectivity index (χ2n) is 6.34. The van der Waals surface area contributed by atoms with E-state index in [1.807, 2.05) is 0 Å². The van der Waals surface area contributed by atoms with Crippen LogP contribution in [0.3, 0.4) is 0 Å². The lowest BCUT2D eigenvalue weighted by atomic mass is 10.1. The normalized spacial score (nSPS) is 15.0. The predicted molar refractivity (Wildman–Crippen MR) is 97.6 cm³/mol. The van der Waals surface area contributed by atoms with Crippen molar-refractivity contribution in [2.45, 2.75) is 36.2 Å². The summed E-state index contributed by atoms with van der Waals surface area (Å²) in [5, 5.41) is 5.25. The number of rotatable bonds is 6. The van der Waals surface area contributed by atoms with Crippen molar-refractivity contribution in [1.82, 2.24) is 15.3 Å². The zero-order chi connectivity index (χ0) is 20.3. The fourth-order valence-electron chi connectivity index (χ4n) is 2.44. The second kappa shape index (κ2) is 8.17. The lowest BCUT2D eigenvalue weighted by Crippen LogP contribution is -2.28. The van der Waals surface area contributed by atoms with E-state index in [0.29, 0.717) is 5.56 Å². The van der Waals surface area contributed by atoms with Gasteiger partial charge in [0, 0.05) is 17.0 Å². The molecule has 1 fully saturated rings. The van der Waals surface area contributed by atoms with Crippen molar-refractivity contribution in [3.05, 3.63) is 47.8 Å². The standard InChI is InChI=1S/C18H17F3N4O2S/c1-10(12-3-2-4-13(9-12)28-18(19,20)21)23-16(27)14-7-8-22-17(24-14)25-15(26)11-5-6-11/h2-4,7-11H,5-6H2,1H3,(H,23,27)(H,22,24,25,26). The van der Waals surface area contributed by atoms with Gasteiger partial charge in [-0.2, -0.15) is 13.2 Å². The smallest absolute Gasteiger partial charge is 0.344 e. The average molecular weight is 410 g/mol. The van der Waals surface area contributed by atoms with Crippen molar-refractivity contribution in [3.8, 4) is 0 Å². The summed E-state index contributed by atoms with van der Waals surface area (Å²) < 4.78 is 37.6. The number of amides is 2. The lowest BCUT2D eigenvalue weighted by Gasteiger charge is -2.15. The summed E-state index contributed by atoms with van der Waals surface area (Å²) in [4.78, 5) is 32.2. The maximum Gasteiger partial charge on any atom is 0.446 e. The van der Waals surface area contributed by atoms with E-state index in [4.69, 9.17) is 0 Å². The number of thioether (sulfide) groups is 1. The summed E-state index contributed by atoms with van der Waals surface area (Å²) in [7, 11) is 0. The number of alkyl halides is 3. The van der Waals surface area contributed by atoms with E-state index in [2.05, 4.69) is 20.6 Å². The minimum absolute atomic E-state index is 0.0250. The van der Waals surface area contributed by atoms with Crippen LogP contribution in [0.1, 0.15) is 41.9 Å². The van der Waals surface area contributed by atoms with Crippen LogP contribution < -0.4 is 10.6 Å². The largest absolute Gasteiger partial charge is 0.446 e. The molecule has 2 amide bonds. The summed E-state index contributed by atoms with van der Waals surface area (Å²) in [6, 6.07) is 6.72. The van der Waals surface area contributed by atoms with Crippen LogP contribution in [0.5, 0.6) is 0 Å².